The van der Waals surface area contributed by atoms with E-state index in [4.69, 9.17) is 0 Å². The maximum atomic E-state index is 13.2. The zero-order valence-corrected chi connectivity index (χ0v) is 19.3. The summed E-state index contributed by atoms with van der Waals surface area (Å²) in [7, 11) is -5.32. The van der Waals surface area contributed by atoms with Crippen molar-refractivity contribution in [2.45, 2.75) is 37.7 Å². The molecule has 1 heterocycles. The fraction of sp³-hybridized carbons (Fsp3) is 0.588. The van der Waals surface area contributed by atoms with Crippen LogP contribution in [0.3, 0.4) is 0 Å². The van der Waals surface area contributed by atoms with Crippen molar-refractivity contribution >= 4 is 40.0 Å². The molecule has 2 N–H and O–H groups in total. The fourth-order valence-corrected chi connectivity index (χ4v) is 3.94. The predicted octanol–water partition coefficient (Wildman–Crippen LogP) is 2.99. The van der Waals surface area contributed by atoms with Crippen LogP contribution in [0.2, 0.25) is 0 Å². The van der Waals surface area contributed by atoms with Gasteiger partial charge in [0.1, 0.15) is 11.6 Å². The standard InChI is InChI=1S/C17H23F5N4O2S.HI/c1-2-23-16(24-6-3-12-9-13(18)11-14(19)10-12)25-15-4-7-26(8-5-15)29(27,28)17(20,21)22;/h9-11,15H,2-8H2,1H3,(H2,23,24,25);1H. The smallest absolute Gasteiger partial charge is 0.357 e. The van der Waals surface area contributed by atoms with Gasteiger partial charge in [0.15, 0.2) is 5.96 Å². The second-order valence-electron chi connectivity index (χ2n) is 6.56. The van der Waals surface area contributed by atoms with Crippen LogP contribution in [0.25, 0.3) is 0 Å². The van der Waals surface area contributed by atoms with Gasteiger partial charge in [0.25, 0.3) is 0 Å². The first kappa shape index (κ1) is 26.8. The average molecular weight is 570 g/mol. The van der Waals surface area contributed by atoms with Crippen molar-refractivity contribution in [1.82, 2.24) is 14.9 Å². The minimum atomic E-state index is -5.32. The SMILES string of the molecule is CCNC(=NCCc1cc(F)cc(F)c1)NC1CCN(S(=O)(=O)C(F)(F)F)CC1.I. The molecule has 1 fully saturated rings. The molecule has 0 amide bonds. The van der Waals surface area contributed by atoms with E-state index in [1.807, 2.05) is 6.92 Å². The zero-order chi connectivity index (χ0) is 21.7. The Labute approximate surface area is 189 Å². The number of nitrogens with zero attached hydrogens (tertiary/aromatic N) is 2. The summed E-state index contributed by atoms with van der Waals surface area (Å²) in [4.78, 5) is 4.31. The van der Waals surface area contributed by atoms with Gasteiger partial charge in [0.2, 0.25) is 0 Å². The van der Waals surface area contributed by atoms with Gasteiger partial charge in [-0.05, 0) is 43.9 Å². The lowest BCUT2D eigenvalue weighted by Crippen LogP contribution is -2.51. The summed E-state index contributed by atoms with van der Waals surface area (Å²) in [6.07, 6.45) is 0.678. The van der Waals surface area contributed by atoms with E-state index in [0.29, 0.717) is 28.8 Å². The maximum Gasteiger partial charge on any atom is 0.511 e. The van der Waals surface area contributed by atoms with Crippen LogP contribution in [-0.4, -0.2) is 56.4 Å². The average Bonchev–Trinajstić information content (AvgIpc) is 2.60. The molecule has 30 heavy (non-hydrogen) atoms. The molecule has 1 aliphatic heterocycles. The van der Waals surface area contributed by atoms with Gasteiger partial charge in [-0.2, -0.15) is 17.5 Å². The van der Waals surface area contributed by atoms with Crippen molar-refractivity contribution in [2.75, 3.05) is 26.2 Å². The lowest BCUT2D eigenvalue weighted by molar-refractivity contribution is -0.0494. The number of piperidine rings is 1. The fourth-order valence-electron chi connectivity index (χ4n) is 2.95. The lowest BCUT2D eigenvalue weighted by atomic mass is 10.1. The minimum absolute atomic E-state index is 0. The number of benzene rings is 1. The first-order valence-corrected chi connectivity index (χ1v) is 10.5. The van der Waals surface area contributed by atoms with E-state index in [9.17, 15) is 30.4 Å². The monoisotopic (exact) mass is 570 g/mol. The third-order valence-corrected chi connectivity index (χ3v) is 5.99. The molecule has 0 spiro atoms. The zero-order valence-electron chi connectivity index (χ0n) is 16.2. The first-order valence-electron chi connectivity index (χ1n) is 9.09. The first-order chi connectivity index (χ1) is 13.5. The minimum Gasteiger partial charge on any atom is -0.357 e. The molecule has 0 unspecified atom stereocenters. The number of guanidine groups is 1. The van der Waals surface area contributed by atoms with Gasteiger partial charge in [-0.3, -0.25) is 4.99 Å². The van der Waals surface area contributed by atoms with Crippen LogP contribution in [0.15, 0.2) is 23.2 Å². The van der Waals surface area contributed by atoms with Crippen LogP contribution in [0.5, 0.6) is 0 Å². The predicted molar refractivity (Wildman–Crippen MR) is 114 cm³/mol. The molecule has 1 aromatic carbocycles. The highest BCUT2D eigenvalue weighted by atomic mass is 127. The van der Waals surface area contributed by atoms with Crippen molar-refractivity contribution in [3.63, 3.8) is 0 Å². The highest BCUT2D eigenvalue weighted by molar-refractivity contribution is 14.0. The highest BCUT2D eigenvalue weighted by Gasteiger charge is 2.50. The van der Waals surface area contributed by atoms with Crippen LogP contribution < -0.4 is 10.6 Å². The molecule has 1 aromatic rings. The Morgan fingerprint density at radius 2 is 1.73 bits per heavy atom. The summed E-state index contributed by atoms with van der Waals surface area (Å²) in [6, 6.07) is 2.97. The Bertz CT molecular complexity index is 808. The number of aliphatic imine (C=N–C) groups is 1. The third kappa shape index (κ3) is 7.48. The Morgan fingerprint density at radius 1 is 1.17 bits per heavy atom. The van der Waals surface area contributed by atoms with Crippen molar-refractivity contribution in [1.29, 1.82) is 0 Å². The second kappa shape index (κ2) is 11.4. The molecule has 2 rings (SSSR count). The Balaban J connectivity index is 0.00000450. The molecular weight excluding hydrogens is 546 g/mol. The Morgan fingerprint density at radius 3 is 2.23 bits per heavy atom. The lowest BCUT2D eigenvalue weighted by Gasteiger charge is -2.32. The number of halogens is 6. The van der Waals surface area contributed by atoms with Crippen molar-refractivity contribution in [2.24, 2.45) is 4.99 Å². The molecule has 0 aromatic heterocycles. The van der Waals surface area contributed by atoms with E-state index in [2.05, 4.69) is 15.6 Å². The molecule has 1 saturated heterocycles. The van der Waals surface area contributed by atoms with Gasteiger partial charge in [0, 0.05) is 38.3 Å². The van der Waals surface area contributed by atoms with E-state index < -0.39 is 27.2 Å². The maximum absolute atomic E-state index is 13.2. The molecule has 0 saturated carbocycles. The molecule has 0 atom stereocenters. The van der Waals surface area contributed by atoms with Crippen LogP contribution in [0.4, 0.5) is 22.0 Å². The molecular formula is C17H24F5IN4O2S. The molecule has 13 heteroatoms. The van der Waals surface area contributed by atoms with Crippen LogP contribution in [0.1, 0.15) is 25.3 Å². The summed E-state index contributed by atoms with van der Waals surface area (Å²) in [5.41, 5.74) is -4.85. The Kier molecular flexibility index (Phi) is 10.2. The summed E-state index contributed by atoms with van der Waals surface area (Å²) in [6.45, 7) is 2.10. The van der Waals surface area contributed by atoms with Crippen LogP contribution in [-0.2, 0) is 16.4 Å². The quantitative estimate of drug-likeness (QED) is 0.239. The molecule has 6 nitrogen and oxygen atoms in total. The van der Waals surface area contributed by atoms with Gasteiger partial charge < -0.3 is 10.6 Å². The van der Waals surface area contributed by atoms with Gasteiger partial charge in [-0.25, -0.2) is 17.2 Å². The molecule has 1 aliphatic rings. The molecule has 172 valence electrons. The van der Waals surface area contributed by atoms with E-state index >= 15 is 0 Å². The normalized spacial score (nSPS) is 16.8. The topological polar surface area (TPSA) is 73.8 Å². The molecule has 0 radical (unpaired) electrons. The number of alkyl halides is 3. The molecule has 0 aliphatic carbocycles. The van der Waals surface area contributed by atoms with Crippen LogP contribution >= 0.6 is 24.0 Å². The van der Waals surface area contributed by atoms with E-state index in [-0.39, 0.29) is 62.5 Å². The number of hydrogen-bond acceptors (Lipinski definition) is 3. The van der Waals surface area contributed by atoms with Gasteiger partial charge >= 0.3 is 15.5 Å². The van der Waals surface area contributed by atoms with Crippen molar-refractivity contribution < 1.29 is 30.4 Å². The second-order valence-corrected chi connectivity index (χ2v) is 8.49. The third-order valence-electron chi connectivity index (χ3n) is 4.36. The van der Waals surface area contributed by atoms with Crippen LogP contribution in [0, 0.1) is 11.6 Å². The number of hydrogen-bond donors (Lipinski definition) is 2. The van der Waals surface area contributed by atoms with Crippen molar-refractivity contribution in [3.8, 4) is 0 Å². The molecule has 0 bridgehead atoms. The highest BCUT2D eigenvalue weighted by Crippen LogP contribution is 2.28. The number of rotatable bonds is 6. The summed E-state index contributed by atoms with van der Waals surface area (Å²) >= 11 is 0. The van der Waals surface area contributed by atoms with E-state index in [1.165, 1.54) is 12.1 Å². The van der Waals surface area contributed by atoms with E-state index in [0.717, 1.165) is 6.07 Å². The largest absolute Gasteiger partial charge is 0.511 e. The van der Waals surface area contributed by atoms with Gasteiger partial charge in [0.05, 0.1) is 0 Å². The number of nitrogens with one attached hydrogen (secondary N) is 2. The summed E-state index contributed by atoms with van der Waals surface area (Å²) in [5, 5.41) is 6.05. The van der Waals surface area contributed by atoms with E-state index in [1.54, 1.807) is 0 Å². The summed E-state index contributed by atoms with van der Waals surface area (Å²) < 4.78 is 87.7. The summed E-state index contributed by atoms with van der Waals surface area (Å²) in [5.74, 6) is -0.939. The number of sulfonamides is 1. The van der Waals surface area contributed by atoms with Gasteiger partial charge in [-0.15, -0.1) is 24.0 Å². The Hall–Kier alpha value is -1.22. The van der Waals surface area contributed by atoms with Crippen molar-refractivity contribution in [3.05, 3.63) is 35.4 Å². The van der Waals surface area contributed by atoms with Gasteiger partial charge in [-0.1, -0.05) is 0 Å².